The third-order valence-corrected chi connectivity index (χ3v) is 5.11. The molecule has 4 aromatic carbocycles. The molecule has 0 aromatic heterocycles. The molecule has 0 aliphatic heterocycles. The average Bonchev–Trinajstić information content (AvgIpc) is 2.83. The number of methoxy groups -OCH3 is 1. The Morgan fingerprint density at radius 2 is 1.73 bits per heavy atom. The van der Waals surface area contributed by atoms with Gasteiger partial charge in [0, 0.05) is 16.6 Å². The van der Waals surface area contributed by atoms with Crippen LogP contribution in [0.3, 0.4) is 0 Å². The molecule has 0 heterocycles. The highest BCUT2D eigenvalue weighted by Gasteiger charge is 2.17. The fourth-order valence-electron chi connectivity index (χ4n) is 3.44. The molecule has 0 radical (unpaired) electrons. The molecule has 1 unspecified atom stereocenters. The van der Waals surface area contributed by atoms with Crippen LogP contribution in [0.25, 0.3) is 10.8 Å². The first kappa shape index (κ1) is 21.8. The van der Waals surface area contributed by atoms with E-state index < -0.39 is 12.1 Å². The summed E-state index contributed by atoms with van der Waals surface area (Å²) in [5.74, 6) is -0.709. The van der Waals surface area contributed by atoms with Gasteiger partial charge in [0.2, 0.25) is 0 Å². The summed E-state index contributed by atoms with van der Waals surface area (Å²) in [6, 6.07) is 22.9. The van der Waals surface area contributed by atoms with Crippen molar-refractivity contribution in [2.45, 2.75) is 6.23 Å². The highest BCUT2D eigenvalue weighted by atomic mass is 16.5. The summed E-state index contributed by atoms with van der Waals surface area (Å²) in [5.41, 5.74) is 7.10. The zero-order valence-electron chi connectivity index (χ0n) is 17.8. The number of rotatable bonds is 7. The Morgan fingerprint density at radius 3 is 2.45 bits per heavy atom. The quantitative estimate of drug-likeness (QED) is 0.232. The molecule has 1 amide bonds. The molecule has 166 valence electrons. The Kier molecular flexibility index (Phi) is 6.19. The predicted molar refractivity (Wildman–Crippen MR) is 126 cm³/mol. The van der Waals surface area contributed by atoms with E-state index in [0.29, 0.717) is 27.8 Å². The molecule has 0 aliphatic rings. The first-order valence-corrected chi connectivity index (χ1v) is 10.1. The number of fused-ring (bicyclic) bond motifs is 1. The van der Waals surface area contributed by atoms with E-state index in [0.717, 1.165) is 5.69 Å². The molecule has 0 saturated heterocycles. The topological polar surface area (TPSA) is 130 Å². The van der Waals surface area contributed by atoms with Gasteiger partial charge < -0.3 is 26.0 Å². The molecule has 8 heteroatoms. The van der Waals surface area contributed by atoms with Crippen molar-refractivity contribution in [1.82, 2.24) is 0 Å². The number of aliphatic hydroxyl groups is 1. The minimum absolute atomic E-state index is 0.0501. The van der Waals surface area contributed by atoms with Crippen LogP contribution in [0.1, 0.15) is 22.1 Å². The van der Waals surface area contributed by atoms with Gasteiger partial charge in [-0.25, -0.2) is 0 Å². The van der Waals surface area contributed by atoms with Crippen LogP contribution in [0.15, 0.2) is 89.1 Å². The van der Waals surface area contributed by atoms with Gasteiger partial charge in [-0.15, -0.1) is 10.2 Å². The highest BCUT2D eigenvalue weighted by molar-refractivity contribution is 6.06. The first-order valence-electron chi connectivity index (χ1n) is 10.1. The Hall–Kier alpha value is -4.43. The highest BCUT2D eigenvalue weighted by Crippen LogP contribution is 2.40. The van der Waals surface area contributed by atoms with Crippen LogP contribution in [-0.2, 0) is 0 Å². The molecule has 8 nitrogen and oxygen atoms in total. The van der Waals surface area contributed by atoms with Crippen LogP contribution in [0, 0.1) is 0 Å². The number of azo groups is 1. The fraction of sp³-hybridized carbons (Fsp3) is 0.0800. The second-order valence-corrected chi connectivity index (χ2v) is 7.25. The van der Waals surface area contributed by atoms with Crippen LogP contribution in [0.5, 0.6) is 11.5 Å². The Morgan fingerprint density at radius 1 is 1.00 bits per heavy atom. The molecule has 0 spiro atoms. The summed E-state index contributed by atoms with van der Waals surface area (Å²) in [7, 11) is 1.49. The van der Waals surface area contributed by atoms with Gasteiger partial charge in [0.25, 0.3) is 5.91 Å². The number of hydrogen-bond donors (Lipinski definition) is 4. The van der Waals surface area contributed by atoms with Gasteiger partial charge in [-0.05, 0) is 35.7 Å². The average molecular weight is 442 g/mol. The van der Waals surface area contributed by atoms with Crippen LogP contribution >= 0.6 is 0 Å². The number of phenols is 1. The largest absolute Gasteiger partial charge is 0.505 e. The van der Waals surface area contributed by atoms with Gasteiger partial charge in [-0.1, -0.05) is 48.5 Å². The van der Waals surface area contributed by atoms with E-state index in [1.165, 1.54) is 13.2 Å². The van der Waals surface area contributed by atoms with Crippen LogP contribution in [0.2, 0.25) is 0 Å². The van der Waals surface area contributed by atoms with Crippen molar-refractivity contribution in [3.05, 3.63) is 90.0 Å². The summed E-state index contributed by atoms with van der Waals surface area (Å²) < 4.78 is 5.37. The minimum atomic E-state index is -1.00. The number of primary amides is 1. The van der Waals surface area contributed by atoms with E-state index in [2.05, 4.69) is 15.5 Å². The van der Waals surface area contributed by atoms with Gasteiger partial charge >= 0.3 is 0 Å². The second kappa shape index (κ2) is 9.37. The molecule has 4 aromatic rings. The number of hydrogen-bond acceptors (Lipinski definition) is 7. The lowest BCUT2D eigenvalue weighted by Crippen LogP contribution is -2.11. The Balaban J connectivity index is 1.74. The molecule has 0 saturated carbocycles. The number of benzene rings is 4. The molecule has 0 fully saturated rings. The summed E-state index contributed by atoms with van der Waals surface area (Å²) in [4.78, 5) is 11.8. The van der Waals surface area contributed by atoms with Crippen LogP contribution in [0.4, 0.5) is 17.1 Å². The van der Waals surface area contributed by atoms with Gasteiger partial charge in [0.05, 0.1) is 12.7 Å². The van der Waals surface area contributed by atoms with Crippen molar-refractivity contribution >= 4 is 33.7 Å². The third-order valence-electron chi connectivity index (χ3n) is 5.11. The smallest absolute Gasteiger partial charge is 0.252 e. The molecule has 0 aliphatic carbocycles. The number of aliphatic hydroxyl groups excluding tert-OH is 1. The maximum Gasteiger partial charge on any atom is 0.252 e. The van der Waals surface area contributed by atoms with Crippen molar-refractivity contribution in [3.63, 3.8) is 0 Å². The number of aromatic hydroxyl groups is 1. The maximum atomic E-state index is 11.8. The van der Waals surface area contributed by atoms with Crippen molar-refractivity contribution in [2.75, 3.05) is 12.4 Å². The summed E-state index contributed by atoms with van der Waals surface area (Å²) in [6.45, 7) is 0. The molecule has 0 bridgehead atoms. The third kappa shape index (κ3) is 4.60. The molecular weight excluding hydrogens is 420 g/mol. The first-order chi connectivity index (χ1) is 16.0. The van der Waals surface area contributed by atoms with Crippen molar-refractivity contribution in [3.8, 4) is 11.5 Å². The lowest BCUT2D eigenvalue weighted by molar-refractivity contribution is 0.0998. The lowest BCUT2D eigenvalue weighted by atomic mass is 10.0. The number of carbonyl (C=O) groups excluding carboxylic acids is 1. The lowest BCUT2D eigenvalue weighted by Gasteiger charge is -2.16. The van der Waals surface area contributed by atoms with Crippen molar-refractivity contribution < 1.29 is 19.7 Å². The molecule has 5 N–H and O–H groups in total. The zero-order chi connectivity index (χ0) is 23.4. The molecule has 33 heavy (non-hydrogen) atoms. The molecular formula is C25H22N4O4. The monoisotopic (exact) mass is 442 g/mol. The predicted octanol–water partition coefficient (Wildman–Crippen LogP) is 5.17. The number of carbonyl (C=O) groups is 1. The van der Waals surface area contributed by atoms with Gasteiger partial charge in [-0.2, -0.15) is 0 Å². The summed E-state index contributed by atoms with van der Waals surface area (Å²) in [6.07, 6.45) is -1.00. The zero-order valence-corrected chi connectivity index (χ0v) is 17.8. The normalized spacial score (nSPS) is 12.1. The van der Waals surface area contributed by atoms with Crippen molar-refractivity contribution in [2.24, 2.45) is 16.0 Å². The van der Waals surface area contributed by atoms with E-state index in [9.17, 15) is 15.0 Å². The standard InChI is InChI=1S/C25H22N4O4/c1-33-21-12-11-16(25(32)27-17-8-3-2-4-9-17)14-20(21)28-29-22-18-10-6-5-7-15(18)13-19(23(22)30)24(26)31/h2-14,25,27,30,32H,1H3,(H2,26,31). The van der Waals surface area contributed by atoms with E-state index >= 15 is 0 Å². The van der Waals surface area contributed by atoms with Crippen LogP contribution < -0.4 is 15.8 Å². The number of anilines is 1. The number of ether oxygens (including phenoxy) is 1. The number of para-hydroxylation sites is 1. The number of nitrogens with two attached hydrogens (primary N) is 1. The van der Waals surface area contributed by atoms with E-state index in [-0.39, 0.29) is 17.0 Å². The van der Waals surface area contributed by atoms with Crippen molar-refractivity contribution in [1.29, 1.82) is 0 Å². The number of nitrogens with zero attached hydrogens (tertiary/aromatic N) is 2. The van der Waals surface area contributed by atoms with E-state index in [4.69, 9.17) is 10.5 Å². The van der Waals surface area contributed by atoms with E-state index in [1.54, 1.807) is 42.5 Å². The molecule has 1 atom stereocenters. The van der Waals surface area contributed by atoms with Gasteiger partial charge in [0.1, 0.15) is 17.1 Å². The van der Waals surface area contributed by atoms with Gasteiger partial charge in [-0.3, -0.25) is 4.79 Å². The summed E-state index contributed by atoms with van der Waals surface area (Å²) >= 11 is 0. The Bertz CT molecular complexity index is 1340. The Labute approximate surface area is 190 Å². The van der Waals surface area contributed by atoms with Gasteiger partial charge in [0.15, 0.2) is 12.0 Å². The van der Waals surface area contributed by atoms with Crippen LogP contribution in [-0.4, -0.2) is 23.2 Å². The summed E-state index contributed by atoms with van der Waals surface area (Å²) in [5, 5.41) is 34.0. The second-order valence-electron chi connectivity index (χ2n) is 7.25. The maximum absolute atomic E-state index is 11.8. The number of nitrogens with one attached hydrogen (secondary N) is 1. The van der Waals surface area contributed by atoms with E-state index in [1.807, 2.05) is 30.3 Å². The molecule has 4 rings (SSSR count). The fourth-order valence-corrected chi connectivity index (χ4v) is 3.44. The minimum Gasteiger partial charge on any atom is -0.505 e. The SMILES string of the molecule is COc1ccc(C(O)Nc2ccccc2)cc1N=Nc1c(O)c(C(N)=O)cc2ccccc12. The number of amides is 1.